The van der Waals surface area contributed by atoms with Crippen LogP contribution in [0.1, 0.15) is 32.7 Å². The molecule has 0 bridgehead atoms. The van der Waals surface area contributed by atoms with Gasteiger partial charge in [0, 0.05) is 34.1 Å². The second kappa shape index (κ2) is 8.57. The van der Waals surface area contributed by atoms with E-state index in [0.29, 0.717) is 35.4 Å². The molecule has 1 aliphatic rings. The average Bonchev–Trinajstić information content (AvgIpc) is 2.82. The molecule has 0 saturated carbocycles. The molecule has 8 nitrogen and oxygen atoms in total. The van der Waals surface area contributed by atoms with Crippen LogP contribution in [0.25, 0.3) is 10.8 Å². The van der Waals surface area contributed by atoms with Gasteiger partial charge < -0.3 is 20.5 Å². The summed E-state index contributed by atoms with van der Waals surface area (Å²) in [6.45, 7) is 1.24. The van der Waals surface area contributed by atoms with E-state index in [-0.39, 0.29) is 17.0 Å². The van der Waals surface area contributed by atoms with Crippen LogP contribution in [0.3, 0.4) is 0 Å². The molecule has 3 aromatic carbocycles. The number of amides is 2. The minimum absolute atomic E-state index is 0.0668. The van der Waals surface area contributed by atoms with Crippen LogP contribution in [-0.4, -0.2) is 39.1 Å². The predicted molar refractivity (Wildman–Crippen MR) is 122 cm³/mol. The summed E-state index contributed by atoms with van der Waals surface area (Å²) in [5.74, 6) is -0.611. The van der Waals surface area contributed by atoms with E-state index in [4.69, 9.17) is 15.2 Å². The van der Waals surface area contributed by atoms with Crippen LogP contribution < -0.4 is 25.4 Å². The molecule has 0 fully saturated rings. The highest BCUT2D eigenvalue weighted by atomic mass is 16.5. The first-order valence-corrected chi connectivity index (χ1v) is 10.1. The van der Waals surface area contributed by atoms with Crippen molar-refractivity contribution in [2.75, 3.05) is 37.5 Å². The van der Waals surface area contributed by atoms with Crippen LogP contribution in [0.4, 0.5) is 11.4 Å². The van der Waals surface area contributed by atoms with E-state index < -0.39 is 11.8 Å². The Morgan fingerprint density at radius 3 is 2.44 bits per heavy atom. The molecule has 4 rings (SSSR count). The number of methoxy groups -OCH3 is 2. The standard InChI is InChI=1S/C24H22N4O4/c1-31-19-10-7-14(13-26)21(22(19)32-2)28-23(29)16-6-3-5-15-18(27-12-4-11-25)9-8-17(20(15)16)24(28)30/h3,5-10,27H,4,11-12,25H2,1-2H3. The van der Waals surface area contributed by atoms with Crippen LogP contribution in [-0.2, 0) is 0 Å². The number of anilines is 2. The normalized spacial score (nSPS) is 12.6. The number of nitrogens with one attached hydrogen (secondary N) is 1. The Labute approximate surface area is 185 Å². The molecule has 162 valence electrons. The van der Waals surface area contributed by atoms with E-state index >= 15 is 0 Å². The highest BCUT2D eigenvalue weighted by Crippen LogP contribution is 2.44. The van der Waals surface area contributed by atoms with Gasteiger partial charge in [0.2, 0.25) is 0 Å². The number of carbonyl (C=O) groups excluding carboxylic acids is 2. The van der Waals surface area contributed by atoms with Crippen molar-refractivity contribution in [2.45, 2.75) is 6.42 Å². The van der Waals surface area contributed by atoms with Gasteiger partial charge in [0.05, 0.1) is 19.8 Å². The lowest BCUT2D eigenvalue weighted by atomic mass is 9.92. The molecular weight excluding hydrogens is 408 g/mol. The molecule has 0 saturated heterocycles. The largest absolute Gasteiger partial charge is 0.493 e. The molecule has 8 heteroatoms. The van der Waals surface area contributed by atoms with Gasteiger partial charge in [0.25, 0.3) is 11.8 Å². The molecule has 2 amide bonds. The topological polar surface area (TPSA) is 118 Å². The van der Waals surface area contributed by atoms with Gasteiger partial charge in [0.1, 0.15) is 11.8 Å². The van der Waals surface area contributed by atoms with Gasteiger partial charge in [-0.25, -0.2) is 4.90 Å². The van der Waals surface area contributed by atoms with E-state index in [2.05, 4.69) is 5.32 Å². The number of nitriles is 1. The Bertz CT molecular complexity index is 1260. The van der Waals surface area contributed by atoms with Crippen molar-refractivity contribution < 1.29 is 19.1 Å². The smallest absolute Gasteiger partial charge is 0.266 e. The number of imide groups is 1. The molecule has 3 aromatic rings. The zero-order chi connectivity index (χ0) is 22.8. The first-order chi connectivity index (χ1) is 15.6. The van der Waals surface area contributed by atoms with Crippen molar-refractivity contribution in [3.8, 4) is 17.6 Å². The third-order valence-electron chi connectivity index (χ3n) is 5.47. The third kappa shape index (κ3) is 3.20. The van der Waals surface area contributed by atoms with Gasteiger partial charge in [0.15, 0.2) is 11.5 Å². The molecule has 1 heterocycles. The molecule has 1 aliphatic heterocycles. The average molecular weight is 430 g/mol. The monoisotopic (exact) mass is 430 g/mol. The fourth-order valence-corrected chi connectivity index (χ4v) is 4.00. The third-order valence-corrected chi connectivity index (χ3v) is 5.47. The van der Waals surface area contributed by atoms with E-state index in [1.807, 2.05) is 18.2 Å². The number of ether oxygens (including phenoxy) is 2. The SMILES string of the molecule is COc1ccc(C#N)c(N2C(=O)c3cccc4c(NCCCN)ccc(c34)C2=O)c1OC. The molecule has 0 unspecified atom stereocenters. The lowest BCUT2D eigenvalue weighted by molar-refractivity contribution is 0.0892. The molecule has 0 aromatic heterocycles. The number of hydrogen-bond acceptors (Lipinski definition) is 7. The first kappa shape index (κ1) is 21.2. The van der Waals surface area contributed by atoms with E-state index in [1.165, 1.54) is 20.3 Å². The Hall–Kier alpha value is -4.09. The summed E-state index contributed by atoms with van der Waals surface area (Å²) in [7, 11) is 2.85. The van der Waals surface area contributed by atoms with Crippen LogP contribution in [0.5, 0.6) is 11.5 Å². The Kier molecular flexibility index (Phi) is 5.67. The molecular formula is C24H22N4O4. The highest BCUT2D eigenvalue weighted by Gasteiger charge is 2.38. The Morgan fingerprint density at radius 1 is 1.03 bits per heavy atom. The maximum atomic E-state index is 13.6. The Balaban J connectivity index is 1.92. The van der Waals surface area contributed by atoms with Gasteiger partial charge >= 0.3 is 0 Å². The zero-order valence-electron chi connectivity index (χ0n) is 17.8. The summed E-state index contributed by atoms with van der Waals surface area (Å²) in [6.07, 6.45) is 0.793. The molecule has 0 spiro atoms. The second-order valence-corrected chi connectivity index (χ2v) is 7.21. The van der Waals surface area contributed by atoms with E-state index in [9.17, 15) is 14.9 Å². The number of nitrogens with zero attached hydrogens (tertiary/aromatic N) is 2. The lowest BCUT2D eigenvalue weighted by Gasteiger charge is -2.29. The van der Waals surface area contributed by atoms with E-state index in [0.717, 1.165) is 22.4 Å². The summed E-state index contributed by atoms with van der Waals surface area (Å²) < 4.78 is 10.8. The lowest BCUT2D eigenvalue weighted by Crippen LogP contribution is -2.41. The van der Waals surface area contributed by atoms with Crippen molar-refractivity contribution in [3.63, 3.8) is 0 Å². The van der Waals surface area contributed by atoms with Crippen LogP contribution in [0.2, 0.25) is 0 Å². The van der Waals surface area contributed by atoms with Gasteiger partial charge in [-0.05, 0) is 43.3 Å². The quantitative estimate of drug-likeness (QED) is 0.436. The molecule has 0 aliphatic carbocycles. The van der Waals surface area contributed by atoms with Crippen LogP contribution >= 0.6 is 0 Å². The molecule has 32 heavy (non-hydrogen) atoms. The summed E-state index contributed by atoms with van der Waals surface area (Å²) in [5.41, 5.74) is 7.34. The van der Waals surface area contributed by atoms with Gasteiger partial charge in [-0.2, -0.15) is 5.26 Å². The molecule has 0 radical (unpaired) electrons. The van der Waals surface area contributed by atoms with Crippen molar-refractivity contribution >= 4 is 34.0 Å². The second-order valence-electron chi connectivity index (χ2n) is 7.21. The fraction of sp³-hybridized carbons (Fsp3) is 0.208. The minimum Gasteiger partial charge on any atom is -0.493 e. The number of carbonyl (C=O) groups is 2. The number of nitrogens with two attached hydrogens (primary N) is 1. The van der Waals surface area contributed by atoms with Crippen molar-refractivity contribution in [1.29, 1.82) is 5.26 Å². The summed E-state index contributed by atoms with van der Waals surface area (Å²) in [5, 5.41) is 14.4. The van der Waals surface area contributed by atoms with Crippen molar-refractivity contribution in [1.82, 2.24) is 0 Å². The van der Waals surface area contributed by atoms with Gasteiger partial charge in [-0.15, -0.1) is 0 Å². The zero-order valence-corrected chi connectivity index (χ0v) is 17.8. The van der Waals surface area contributed by atoms with Crippen LogP contribution in [0.15, 0.2) is 42.5 Å². The fourth-order valence-electron chi connectivity index (χ4n) is 4.00. The highest BCUT2D eigenvalue weighted by molar-refractivity contribution is 6.37. The number of benzene rings is 3. The van der Waals surface area contributed by atoms with Crippen molar-refractivity contribution in [3.05, 3.63) is 59.2 Å². The maximum absolute atomic E-state index is 13.6. The molecule has 3 N–H and O–H groups in total. The van der Waals surface area contributed by atoms with Gasteiger partial charge in [-0.3, -0.25) is 9.59 Å². The first-order valence-electron chi connectivity index (χ1n) is 10.1. The molecule has 0 atom stereocenters. The Morgan fingerprint density at radius 2 is 1.78 bits per heavy atom. The summed E-state index contributed by atoms with van der Waals surface area (Å²) in [4.78, 5) is 28.2. The summed E-state index contributed by atoms with van der Waals surface area (Å²) >= 11 is 0. The predicted octanol–water partition coefficient (Wildman–Crippen LogP) is 3.29. The summed E-state index contributed by atoms with van der Waals surface area (Å²) in [6, 6.07) is 13.9. The van der Waals surface area contributed by atoms with Crippen LogP contribution in [0, 0.1) is 11.3 Å². The number of rotatable bonds is 7. The van der Waals surface area contributed by atoms with Gasteiger partial charge in [-0.1, -0.05) is 12.1 Å². The number of hydrogen-bond donors (Lipinski definition) is 2. The van der Waals surface area contributed by atoms with Crippen molar-refractivity contribution in [2.24, 2.45) is 5.73 Å². The van der Waals surface area contributed by atoms with E-state index in [1.54, 1.807) is 24.3 Å². The maximum Gasteiger partial charge on any atom is 0.266 e. The minimum atomic E-state index is -0.532.